The average Bonchev–Trinajstić information content (AvgIpc) is 2.67. The largest absolute Gasteiger partial charge is 0.460 e. The minimum Gasteiger partial charge on any atom is -0.460 e. The maximum atomic E-state index is 12.0. The van der Waals surface area contributed by atoms with E-state index in [9.17, 15) is 4.79 Å². The number of carbonyl (C=O) groups excluding carboxylic acids is 1. The molecule has 4 nitrogen and oxygen atoms in total. The van der Waals surface area contributed by atoms with Crippen LogP contribution in [0.4, 0.5) is 0 Å². The molecule has 0 aliphatic heterocycles. The Kier molecular flexibility index (Phi) is 8.73. The van der Waals surface area contributed by atoms with Gasteiger partial charge in [0.1, 0.15) is 6.61 Å². The van der Waals surface area contributed by atoms with Crippen molar-refractivity contribution in [3.63, 3.8) is 0 Å². The molecule has 0 amide bonds. The fraction of sp³-hybridized carbons (Fsp3) is 0.381. The standard InChI is InChI=1S/C21H26O4/c1-2-3-13-23-14-15-24-16-17-25-21(22)20-11-9-19(10-12-20)18-7-5-4-6-8-18/h4-12H,2-3,13-17H2,1H3. The third-order valence-electron chi connectivity index (χ3n) is 3.70. The molecule has 0 spiro atoms. The number of benzene rings is 2. The first-order chi connectivity index (χ1) is 12.3. The van der Waals surface area contributed by atoms with Gasteiger partial charge in [-0.15, -0.1) is 0 Å². The van der Waals surface area contributed by atoms with Crippen LogP contribution in [0, 0.1) is 0 Å². The van der Waals surface area contributed by atoms with Gasteiger partial charge in [0.25, 0.3) is 0 Å². The molecule has 2 aromatic rings. The molecule has 4 heteroatoms. The highest BCUT2D eigenvalue weighted by molar-refractivity contribution is 5.90. The van der Waals surface area contributed by atoms with Crippen LogP contribution < -0.4 is 0 Å². The molecule has 0 bridgehead atoms. The molecule has 25 heavy (non-hydrogen) atoms. The van der Waals surface area contributed by atoms with Gasteiger partial charge >= 0.3 is 5.97 Å². The Hall–Kier alpha value is -2.17. The molecule has 134 valence electrons. The first-order valence-electron chi connectivity index (χ1n) is 8.79. The molecule has 0 atom stereocenters. The van der Waals surface area contributed by atoms with Crippen LogP contribution in [0.25, 0.3) is 11.1 Å². The smallest absolute Gasteiger partial charge is 0.338 e. The van der Waals surface area contributed by atoms with Gasteiger partial charge in [-0.05, 0) is 29.7 Å². The van der Waals surface area contributed by atoms with Gasteiger partial charge < -0.3 is 14.2 Å². The van der Waals surface area contributed by atoms with E-state index in [0.717, 1.165) is 30.6 Å². The summed E-state index contributed by atoms with van der Waals surface area (Å²) in [5.74, 6) is -0.331. The maximum absolute atomic E-state index is 12.0. The highest BCUT2D eigenvalue weighted by Crippen LogP contribution is 2.19. The van der Waals surface area contributed by atoms with Crippen LogP contribution in [0.3, 0.4) is 0 Å². The van der Waals surface area contributed by atoms with E-state index in [1.807, 2.05) is 42.5 Å². The van der Waals surface area contributed by atoms with Gasteiger partial charge in [-0.1, -0.05) is 55.8 Å². The van der Waals surface area contributed by atoms with E-state index in [2.05, 4.69) is 6.92 Å². The number of hydrogen-bond donors (Lipinski definition) is 0. The molecule has 0 aliphatic carbocycles. The fourth-order valence-electron chi connectivity index (χ4n) is 2.27. The third kappa shape index (κ3) is 7.08. The summed E-state index contributed by atoms with van der Waals surface area (Å²) in [6, 6.07) is 17.5. The second kappa shape index (κ2) is 11.4. The molecule has 0 N–H and O–H groups in total. The summed E-state index contributed by atoms with van der Waals surface area (Å²) in [4.78, 5) is 12.0. The third-order valence-corrected chi connectivity index (χ3v) is 3.70. The molecule has 2 rings (SSSR count). The minimum absolute atomic E-state index is 0.244. The SMILES string of the molecule is CCCCOCCOCCOC(=O)c1ccc(-c2ccccc2)cc1. The van der Waals surface area contributed by atoms with Crippen molar-refractivity contribution >= 4 is 5.97 Å². The molecular weight excluding hydrogens is 316 g/mol. The molecule has 0 saturated heterocycles. The van der Waals surface area contributed by atoms with E-state index in [-0.39, 0.29) is 12.6 Å². The fourth-order valence-corrected chi connectivity index (χ4v) is 2.27. The van der Waals surface area contributed by atoms with Gasteiger partial charge in [-0.3, -0.25) is 0 Å². The second-order valence-electron chi connectivity index (χ2n) is 5.66. The quantitative estimate of drug-likeness (QED) is 0.450. The number of esters is 1. The molecule has 0 saturated carbocycles. The molecule has 2 aromatic carbocycles. The zero-order valence-corrected chi connectivity index (χ0v) is 14.8. The molecular formula is C21H26O4. The number of unbranched alkanes of at least 4 members (excludes halogenated alkanes) is 1. The van der Waals surface area contributed by atoms with Crippen LogP contribution in [-0.2, 0) is 14.2 Å². The zero-order valence-electron chi connectivity index (χ0n) is 14.8. The van der Waals surface area contributed by atoms with E-state index in [1.54, 1.807) is 12.1 Å². The lowest BCUT2D eigenvalue weighted by atomic mass is 10.0. The van der Waals surface area contributed by atoms with Crippen LogP contribution in [0.2, 0.25) is 0 Å². The van der Waals surface area contributed by atoms with E-state index in [4.69, 9.17) is 14.2 Å². The van der Waals surface area contributed by atoms with Gasteiger partial charge in [0.2, 0.25) is 0 Å². The lowest BCUT2D eigenvalue weighted by molar-refractivity contribution is 0.0143. The summed E-state index contributed by atoms with van der Waals surface area (Å²) in [6.45, 7) is 4.62. The average molecular weight is 342 g/mol. The molecule has 0 aliphatic rings. The lowest BCUT2D eigenvalue weighted by Crippen LogP contribution is -2.13. The number of rotatable bonds is 11. The van der Waals surface area contributed by atoms with Crippen molar-refractivity contribution in [1.29, 1.82) is 0 Å². The van der Waals surface area contributed by atoms with E-state index in [0.29, 0.717) is 25.4 Å². The topological polar surface area (TPSA) is 44.8 Å². The highest BCUT2D eigenvalue weighted by atomic mass is 16.6. The van der Waals surface area contributed by atoms with Crippen LogP contribution >= 0.6 is 0 Å². The van der Waals surface area contributed by atoms with Gasteiger partial charge in [0.15, 0.2) is 0 Å². The Morgan fingerprint density at radius 2 is 1.36 bits per heavy atom. The van der Waals surface area contributed by atoms with Crippen molar-refractivity contribution in [2.24, 2.45) is 0 Å². The summed E-state index contributed by atoms with van der Waals surface area (Å²) in [6.07, 6.45) is 2.20. The minimum atomic E-state index is -0.331. The predicted molar refractivity (Wildman–Crippen MR) is 98.7 cm³/mol. The predicted octanol–water partition coefficient (Wildman–Crippen LogP) is 4.34. The number of hydrogen-bond acceptors (Lipinski definition) is 4. The van der Waals surface area contributed by atoms with Gasteiger partial charge in [0, 0.05) is 6.61 Å². The molecule has 0 fully saturated rings. The second-order valence-corrected chi connectivity index (χ2v) is 5.66. The van der Waals surface area contributed by atoms with Crippen molar-refractivity contribution in [2.75, 3.05) is 33.0 Å². The first kappa shape index (κ1) is 19.2. The van der Waals surface area contributed by atoms with Crippen molar-refractivity contribution in [3.8, 4) is 11.1 Å². The summed E-state index contributed by atoms with van der Waals surface area (Å²) in [5, 5.41) is 0. The number of ether oxygens (including phenoxy) is 3. The molecule has 0 heterocycles. The first-order valence-corrected chi connectivity index (χ1v) is 8.79. The summed E-state index contributed by atoms with van der Waals surface area (Å²) in [5.41, 5.74) is 2.74. The van der Waals surface area contributed by atoms with Crippen molar-refractivity contribution in [2.45, 2.75) is 19.8 Å². The molecule has 0 unspecified atom stereocenters. The van der Waals surface area contributed by atoms with Crippen molar-refractivity contribution in [3.05, 3.63) is 60.2 Å². The Labute approximate surface area is 149 Å². The lowest BCUT2D eigenvalue weighted by Gasteiger charge is -2.07. The van der Waals surface area contributed by atoms with Crippen LogP contribution in [0.15, 0.2) is 54.6 Å². The zero-order chi connectivity index (χ0) is 17.7. The van der Waals surface area contributed by atoms with Gasteiger partial charge in [-0.25, -0.2) is 4.79 Å². The normalized spacial score (nSPS) is 10.6. The number of carbonyl (C=O) groups is 1. The van der Waals surface area contributed by atoms with E-state index >= 15 is 0 Å². The van der Waals surface area contributed by atoms with Crippen LogP contribution in [0.1, 0.15) is 30.1 Å². The van der Waals surface area contributed by atoms with Crippen molar-refractivity contribution in [1.82, 2.24) is 0 Å². The van der Waals surface area contributed by atoms with E-state index in [1.165, 1.54) is 0 Å². The van der Waals surface area contributed by atoms with E-state index < -0.39 is 0 Å². The van der Waals surface area contributed by atoms with Crippen LogP contribution in [0.5, 0.6) is 0 Å². The summed E-state index contributed by atoms with van der Waals surface area (Å²) >= 11 is 0. The molecule has 0 aromatic heterocycles. The maximum Gasteiger partial charge on any atom is 0.338 e. The van der Waals surface area contributed by atoms with Gasteiger partial charge in [-0.2, -0.15) is 0 Å². The summed E-state index contributed by atoms with van der Waals surface area (Å²) in [7, 11) is 0. The van der Waals surface area contributed by atoms with Crippen molar-refractivity contribution < 1.29 is 19.0 Å². The Bertz CT molecular complexity index is 608. The van der Waals surface area contributed by atoms with Crippen LogP contribution in [-0.4, -0.2) is 39.0 Å². The Balaban J connectivity index is 1.64. The highest BCUT2D eigenvalue weighted by Gasteiger charge is 2.07. The summed E-state index contributed by atoms with van der Waals surface area (Å²) < 4.78 is 16.0. The molecule has 0 radical (unpaired) electrons. The Morgan fingerprint density at radius 1 is 0.760 bits per heavy atom. The Morgan fingerprint density at radius 3 is 2.04 bits per heavy atom. The van der Waals surface area contributed by atoms with Gasteiger partial charge in [0.05, 0.1) is 25.4 Å². The monoisotopic (exact) mass is 342 g/mol.